The molecule has 21 heavy (non-hydrogen) atoms. The lowest BCUT2D eigenvalue weighted by Gasteiger charge is -2.25. The minimum Gasteiger partial charge on any atom is -0.370 e. The first kappa shape index (κ1) is 17.0. The molecule has 0 aliphatic carbocycles. The van der Waals surface area contributed by atoms with Gasteiger partial charge < -0.3 is 10.2 Å². The zero-order valence-corrected chi connectivity index (χ0v) is 16.5. The predicted octanol–water partition coefficient (Wildman–Crippen LogP) is 5.58. The molecule has 1 unspecified atom stereocenters. The first-order valence-electron chi connectivity index (χ1n) is 6.98. The number of anilines is 1. The van der Waals surface area contributed by atoms with Crippen molar-refractivity contribution in [3.63, 3.8) is 0 Å². The molecule has 0 saturated carbocycles. The summed E-state index contributed by atoms with van der Waals surface area (Å²) in [5, 5.41) is 5.70. The van der Waals surface area contributed by atoms with E-state index >= 15 is 0 Å². The smallest absolute Gasteiger partial charge is 0.0701 e. The van der Waals surface area contributed by atoms with Crippen LogP contribution in [-0.4, -0.2) is 13.6 Å². The minimum atomic E-state index is 0.333. The highest BCUT2D eigenvalue weighted by Crippen LogP contribution is 2.30. The Hall–Kier alpha value is -0.360. The highest BCUT2D eigenvalue weighted by Gasteiger charge is 2.14. The molecule has 1 atom stereocenters. The lowest BCUT2D eigenvalue weighted by atomic mass is 10.0. The molecule has 1 N–H and O–H groups in total. The Morgan fingerprint density at radius 1 is 1.29 bits per heavy atom. The SMILES string of the molecule is CCNC(C)c1cc(Br)ccc1N(C)Cc1csc(Br)c1. The molecule has 1 heterocycles. The van der Waals surface area contributed by atoms with Gasteiger partial charge in [0.15, 0.2) is 0 Å². The Morgan fingerprint density at radius 2 is 2.05 bits per heavy atom. The molecule has 0 bridgehead atoms. The lowest BCUT2D eigenvalue weighted by Crippen LogP contribution is -2.23. The maximum absolute atomic E-state index is 3.58. The second kappa shape index (κ2) is 7.77. The van der Waals surface area contributed by atoms with Crippen LogP contribution in [0.2, 0.25) is 0 Å². The number of nitrogens with zero attached hydrogens (tertiary/aromatic N) is 1. The monoisotopic (exact) mass is 430 g/mol. The Morgan fingerprint density at radius 3 is 2.67 bits per heavy atom. The number of hydrogen-bond acceptors (Lipinski definition) is 3. The Bertz CT molecular complexity index is 598. The standard InChI is InChI=1S/C16H20Br2N2S/c1-4-19-11(2)14-8-13(17)5-6-15(14)20(3)9-12-7-16(18)21-10-12/h5-8,10-11,19H,4,9H2,1-3H3. The van der Waals surface area contributed by atoms with E-state index in [1.807, 2.05) is 0 Å². The van der Waals surface area contributed by atoms with Gasteiger partial charge in [0.05, 0.1) is 3.79 Å². The van der Waals surface area contributed by atoms with Gasteiger partial charge in [0.1, 0.15) is 0 Å². The Labute approximate surface area is 147 Å². The molecule has 2 aromatic rings. The average molecular weight is 432 g/mol. The van der Waals surface area contributed by atoms with E-state index in [0.717, 1.165) is 17.6 Å². The maximum Gasteiger partial charge on any atom is 0.0701 e. The first-order valence-corrected chi connectivity index (χ1v) is 9.44. The summed E-state index contributed by atoms with van der Waals surface area (Å²) in [5.74, 6) is 0. The topological polar surface area (TPSA) is 15.3 Å². The molecule has 1 aromatic heterocycles. The number of nitrogens with one attached hydrogen (secondary N) is 1. The predicted molar refractivity (Wildman–Crippen MR) is 100 cm³/mol. The van der Waals surface area contributed by atoms with E-state index < -0.39 is 0 Å². The van der Waals surface area contributed by atoms with Gasteiger partial charge >= 0.3 is 0 Å². The van der Waals surface area contributed by atoms with Gasteiger partial charge in [-0.2, -0.15) is 0 Å². The van der Waals surface area contributed by atoms with Crippen LogP contribution >= 0.6 is 43.2 Å². The van der Waals surface area contributed by atoms with Crippen molar-refractivity contribution in [2.75, 3.05) is 18.5 Å². The van der Waals surface area contributed by atoms with Crippen LogP contribution in [0.25, 0.3) is 0 Å². The summed E-state index contributed by atoms with van der Waals surface area (Å²) in [4.78, 5) is 2.31. The zero-order valence-electron chi connectivity index (χ0n) is 12.5. The van der Waals surface area contributed by atoms with Gasteiger partial charge in [-0.05, 0) is 70.2 Å². The van der Waals surface area contributed by atoms with Gasteiger partial charge in [0.2, 0.25) is 0 Å². The number of rotatable bonds is 6. The highest BCUT2D eigenvalue weighted by atomic mass is 79.9. The summed E-state index contributed by atoms with van der Waals surface area (Å²) in [6, 6.07) is 9.03. The van der Waals surface area contributed by atoms with Gasteiger partial charge in [0, 0.05) is 29.8 Å². The summed E-state index contributed by atoms with van der Waals surface area (Å²) in [5.41, 5.74) is 3.93. The number of halogens is 2. The largest absolute Gasteiger partial charge is 0.370 e. The second-order valence-electron chi connectivity index (χ2n) is 5.10. The van der Waals surface area contributed by atoms with Crippen LogP contribution in [0.1, 0.15) is 31.0 Å². The van der Waals surface area contributed by atoms with E-state index in [9.17, 15) is 0 Å². The second-order valence-corrected chi connectivity index (χ2v) is 8.30. The molecule has 0 aliphatic rings. The first-order chi connectivity index (χ1) is 10.0. The van der Waals surface area contributed by atoms with E-state index in [-0.39, 0.29) is 0 Å². The number of hydrogen-bond donors (Lipinski definition) is 1. The summed E-state index contributed by atoms with van der Waals surface area (Å²) in [6.45, 7) is 6.23. The quantitative estimate of drug-likeness (QED) is 0.642. The van der Waals surface area contributed by atoms with E-state index in [0.29, 0.717) is 6.04 Å². The van der Waals surface area contributed by atoms with Crippen molar-refractivity contribution in [2.45, 2.75) is 26.4 Å². The third kappa shape index (κ3) is 4.55. The van der Waals surface area contributed by atoms with Crippen molar-refractivity contribution in [3.8, 4) is 0 Å². The van der Waals surface area contributed by atoms with E-state index in [2.05, 4.69) is 92.6 Å². The van der Waals surface area contributed by atoms with Crippen LogP contribution in [0, 0.1) is 0 Å². The fourth-order valence-electron chi connectivity index (χ4n) is 2.42. The van der Waals surface area contributed by atoms with Gasteiger partial charge in [-0.25, -0.2) is 0 Å². The Kier molecular flexibility index (Phi) is 6.29. The van der Waals surface area contributed by atoms with E-state index in [4.69, 9.17) is 0 Å². The van der Waals surface area contributed by atoms with Crippen LogP contribution in [0.15, 0.2) is 37.9 Å². The zero-order chi connectivity index (χ0) is 15.4. The molecule has 0 aliphatic heterocycles. The van der Waals surface area contributed by atoms with E-state index in [1.54, 1.807) is 11.3 Å². The van der Waals surface area contributed by atoms with Gasteiger partial charge in [-0.3, -0.25) is 0 Å². The van der Waals surface area contributed by atoms with E-state index in [1.165, 1.54) is 20.6 Å². The number of benzene rings is 1. The molecule has 0 saturated heterocycles. The maximum atomic E-state index is 3.58. The summed E-state index contributed by atoms with van der Waals surface area (Å²) >= 11 is 8.85. The molecule has 0 fully saturated rings. The Balaban J connectivity index is 2.25. The highest BCUT2D eigenvalue weighted by molar-refractivity contribution is 9.11. The molecule has 0 radical (unpaired) electrons. The summed E-state index contributed by atoms with van der Waals surface area (Å²) in [7, 11) is 2.15. The van der Waals surface area contributed by atoms with Crippen LogP contribution in [-0.2, 0) is 6.54 Å². The van der Waals surface area contributed by atoms with Crippen LogP contribution in [0.3, 0.4) is 0 Å². The van der Waals surface area contributed by atoms with Crippen LogP contribution < -0.4 is 10.2 Å². The molecule has 0 spiro atoms. The fourth-order valence-corrected chi connectivity index (χ4v) is 4.00. The van der Waals surface area contributed by atoms with Crippen molar-refractivity contribution >= 4 is 48.9 Å². The molecular weight excluding hydrogens is 412 g/mol. The molecule has 1 aromatic carbocycles. The molecule has 2 nitrogen and oxygen atoms in total. The summed E-state index contributed by atoms with van der Waals surface area (Å²) in [6.07, 6.45) is 0. The lowest BCUT2D eigenvalue weighted by molar-refractivity contribution is 0.596. The van der Waals surface area contributed by atoms with Crippen LogP contribution in [0.4, 0.5) is 5.69 Å². The third-order valence-corrected chi connectivity index (χ3v) is 5.47. The molecule has 114 valence electrons. The molecule has 2 rings (SSSR count). The van der Waals surface area contributed by atoms with Gasteiger partial charge in [0.25, 0.3) is 0 Å². The molecule has 5 heteroatoms. The fraction of sp³-hybridized carbons (Fsp3) is 0.375. The van der Waals surface area contributed by atoms with Crippen molar-refractivity contribution in [2.24, 2.45) is 0 Å². The van der Waals surface area contributed by atoms with Crippen molar-refractivity contribution < 1.29 is 0 Å². The molecule has 0 amide bonds. The average Bonchev–Trinajstić information content (AvgIpc) is 2.84. The van der Waals surface area contributed by atoms with Crippen molar-refractivity contribution in [3.05, 3.63) is 49.0 Å². The normalized spacial score (nSPS) is 12.4. The molecular formula is C16H20Br2N2S. The number of thiophene rings is 1. The van der Waals surface area contributed by atoms with Crippen molar-refractivity contribution in [1.82, 2.24) is 5.32 Å². The third-order valence-electron chi connectivity index (χ3n) is 3.42. The van der Waals surface area contributed by atoms with Gasteiger partial charge in [-0.15, -0.1) is 11.3 Å². The summed E-state index contributed by atoms with van der Waals surface area (Å²) < 4.78 is 2.31. The van der Waals surface area contributed by atoms with Crippen molar-refractivity contribution in [1.29, 1.82) is 0 Å². The van der Waals surface area contributed by atoms with Gasteiger partial charge in [-0.1, -0.05) is 22.9 Å². The van der Waals surface area contributed by atoms with Crippen LogP contribution in [0.5, 0.6) is 0 Å². The minimum absolute atomic E-state index is 0.333.